The molecule has 0 fully saturated rings. The summed E-state index contributed by atoms with van der Waals surface area (Å²) in [5.41, 5.74) is 14.1. The van der Waals surface area contributed by atoms with Crippen molar-refractivity contribution in [1.29, 1.82) is 10.5 Å². The van der Waals surface area contributed by atoms with E-state index in [1.54, 1.807) is 0 Å². The summed E-state index contributed by atoms with van der Waals surface area (Å²) in [5, 5.41) is 25.3. The molecule has 1 aliphatic rings. The Morgan fingerprint density at radius 2 is 1.10 bits per heavy atom. The van der Waals surface area contributed by atoms with Gasteiger partial charge in [-0.2, -0.15) is 10.5 Å². The first kappa shape index (κ1) is 29.1. The third-order valence-corrected chi connectivity index (χ3v) is 10.9. The molecule has 1 aliphatic carbocycles. The molecule has 0 spiro atoms. The molecule has 0 aliphatic heterocycles. The molecule has 9 aromatic rings. The van der Waals surface area contributed by atoms with Gasteiger partial charge in [-0.25, -0.2) is 0 Å². The van der Waals surface area contributed by atoms with Crippen LogP contribution in [0.15, 0.2) is 146 Å². The first-order valence-electron chi connectivity index (χ1n) is 17.2. The first-order valence-corrected chi connectivity index (χ1v) is 17.2. The molecule has 2 aromatic heterocycles. The molecule has 4 heteroatoms. The number of nitrogens with zero attached hydrogens (tertiary/aromatic N) is 4. The fourth-order valence-electron chi connectivity index (χ4n) is 8.69. The number of rotatable bonds is 3. The van der Waals surface area contributed by atoms with Crippen LogP contribution in [-0.4, -0.2) is 9.13 Å². The summed E-state index contributed by atoms with van der Waals surface area (Å²) < 4.78 is 4.63. The van der Waals surface area contributed by atoms with Crippen LogP contribution in [0.1, 0.15) is 36.1 Å². The van der Waals surface area contributed by atoms with Crippen molar-refractivity contribution in [2.75, 3.05) is 0 Å². The monoisotopic (exact) mass is 650 g/mol. The van der Waals surface area contributed by atoms with Crippen LogP contribution in [0, 0.1) is 22.7 Å². The highest BCUT2D eigenvalue weighted by molar-refractivity contribution is 6.16. The van der Waals surface area contributed by atoms with Gasteiger partial charge in [0.2, 0.25) is 0 Å². The maximum Gasteiger partial charge on any atom is 0.0992 e. The van der Waals surface area contributed by atoms with Gasteiger partial charge in [-0.15, -0.1) is 0 Å². The molecule has 0 unspecified atom stereocenters. The zero-order valence-corrected chi connectivity index (χ0v) is 28.1. The lowest BCUT2D eigenvalue weighted by Gasteiger charge is -2.21. The lowest BCUT2D eigenvalue weighted by atomic mass is 9.82. The average molecular weight is 651 g/mol. The second-order valence-electron chi connectivity index (χ2n) is 14.0. The summed E-state index contributed by atoms with van der Waals surface area (Å²) >= 11 is 0. The van der Waals surface area contributed by atoms with E-state index in [2.05, 4.69) is 156 Å². The van der Waals surface area contributed by atoms with E-state index in [-0.39, 0.29) is 5.41 Å². The number of benzene rings is 7. The van der Waals surface area contributed by atoms with Crippen LogP contribution < -0.4 is 0 Å². The van der Waals surface area contributed by atoms with Crippen molar-refractivity contribution in [3.8, 4) is 45.8 Å². The Balaban J connectivity index is 1.32. The standard InChI is InChI=1S/C47H30N4/c1-47(2)39-15-7-3-14-37(39)45-40(47)21-20-36-35-13-6-10-18-43(35)51(46(36)45)44-22-19-29(27-48)25-38(44)31-23-30(28-49)24-32(26-31)50-41-16-8-4-11-33(41)34-12-5-9-17-42(34)50/h3-26H,1-2H3. The molecule has 0 bridgehead atoms. The number of hydrogen-bond acceptors (Lipinski definition) is 2. The van der Waals surface area contributed by atoms with Crippen molar-refractivity contribution in [1.82, 2.24) is 9.13 Å². The molecule has 0 saturated heterocycles. The Hall–Kier alpha value is -6.88. The molecule has 51 heavy (non-hydrogen) atoms. The van der Waals surface area contributed by atoms with Crippen LogP contribution in [0.4, 0.5) is 0 Å². The van der Waals surface area contributed by atoms with E-state index in [0.29, 0.717) is 11.1 Å². The Bertz CT molecular complexity index is 2980. The third kappa shape index (κ3) is 3.99. The normalized spacial score (nSPS) is 13.0. The van der Waals surface area contributed by atoms with Gasteiger partial charge in [0.1, 0.15) is 0 Å². The van der Waals surface area contributed by atoms with Crippen LogP contribution >= 0.6 is 0 Å². The van der Waals surface area contributed by atoms with E-state index >= 15 is 0 Å². The number of aromatic nitrogens is 2. The van der Waals surface area contributed by atoms with Crippen LogP contribution in [0.3, 0.4) is 0 Å². The van der Waals surface area contributed by atoms with Gasteiger partial charge in [0.15, 0.2) is 0 Å². The summed E-state index contributed by atoms with van der Waals surface area (Å²) in [6, 6.07) is 55.6. The highest BCUT2D eigenvalue weighted by atomic mass is 15.0. The Kier molecular flexibility index (Phi) is 6.02. The number of para-hydroxylation sites is 3. The quantitative estimate of drug-likeness (QED) is 0.191. The van der Waals surface area contributed by atoms with Gasteiger partial charge < -0.3 is 9.13 Å². The van der Waals surface area contributed by atoms with Crippen molar-refractivity contribution < 1.29 is 0 Å². The minimum absolute atomic E-state index is 0.159. The van der Waals surface area contributed by atoms with E-state index in [4.69, 9.17) is 0 Å². The lowest BCUT2D eigenvalue weighted by Crippen LogP contribution is -2.14. The second-order valence-corrected chi connectivity index (χ2v) is 14.0. The maximum absolute atomic E-state index is 10.4. The molecular weight excluding hydrogens is 621 g/mol. The van der Waals surface area contributed by atoms with Crippen LogP contribution in [0.25, 0.3) is 77.2 Å². The molecule has 0 atom stereocenters. The molecular formula is C47H30N4. The predicted octanol–water partition coefficient (Wildman–Crippen LogP) is 11.6. The maximum atomic E-state index is 10.4. The molecule has 0 N–H and O–H groups in total. The summed E-state index contributed by atoms with van der Waals surface area (Å²) in [6.45, 7) is 4.63. The predicted molar refractivity (Wildman–Crippen MR) is 208 cm³/mol. The molecule has 10 rings (SSSR count). The van der Waals surface area contributed by atoms with Gasteiger partial charge in [0.05, 0.1) is 51.0 Å². The van der Waals surface area contributed by atoms with Crippen LogP contribution in [0.5, 0.6) is 0 Å². The van der Waals surface area contributed by atoms with E-state index < -0.39 is 0 Å². The van der Waals surface area contributed by atoms with Crippen molar-refractivity contribution in [3.05, 3.63) is 168 Å². The zero-order valence-electron chi connectivity index (χ0n) is 28.1. The van der Waals surface area contributed by atoms with Gasteiger partial charge in [-0.3, -0.25) is 0 Å². The van der Waals surface area contributed by atoms with Crippen LogP contribution in [0.2, 0.25) is 0 Å². The fraction of sp³-hybridized carbons (Fsp3) is 0.0638. The fourth-order valence-corrected chi connectivity index (χ4v) is 8.69. The molecule has 7 aromatic carbocycles. The zero-order chi connectivity index (χ0) is 34.4. The van der Waals surface area contributed by atoms with Gasteiger partial charge in [-0.1, -0.05) is 105 Å². The van der Waals surface area contributed by atoms with E-state index in [0.717, 1.165) is 55.3 Å². The Labute approximate surface area is 295 Å². The Morgan fingerprint density at radius 3 is 1.78 bits per heavy atom. The molecule has 0 saturated carbocycles. The van der Waals surface area contributed by atoms with Gasteiger partial charge in [-0.05, 0) is 76.9 Å². The second kappa shape index (κ2) is 10.6. The molecule has 0 radical (unpaired) electrons. The van der Waals surface area contributed by atoms with E-state index in [1.807, 2.05) is 24.3 Å². The first-order chi connectivity index (χ1) is 25.0. The van der Waals surface area contributed by atoms with Gasteiger partial charge in [0.25, 0.3) is 0 Å². The minimum Gasteiger partial charge on any atom is -0.309 e. The number of hydrogen-bond donors (Lipinski definition) is 0. The smallest absolute Gasteiger partial charge is 0.0992 e. The molecule has 2 heterocycles. The minimum atomic E-state index is -0.159. The highest BCUT2D eigenvalue weighted by Crippen LogP contribution is 2.53. The van der Waals surface area contributed by atoms with Crippen molar-refractivity contribution in [3.63, 3.8) is 0 Å². The molecule has 4 nitrogen and oxygen atoms in total. The average Bonchev–Trinajstić information content (AvgIpc) is 3.78. The number of nitriles is 2. The van der Waals surface area contributed by atoms with Crippen molar-refractivity contribution in [2.24, 2.45) is 0 Å². The number of fused-ring (bicyclic) bond motifs is 10. The third-order valence-electron chi connectivity index (χ3n) is 10.9. The molecule has 238 valence electrons. The summed E-state index contributed by atoms with van der Waals surface area (Å²) in [5.74, 6) is 0. The lowest BCUT2D eigenvalue weighted by molar-refractivity contribution is 0.661. The van der Waals surface area contributed by atoms with E-state index in [1.165, 1.54) is 33.0 Å². The van der Waals surface area contributed by atoms with Gasteiger partial charge in [0, 0.05) is 43.8 Å². The Morgan fingerprint density at radius 1 is 0.490 bits per heavy atom. The molecule has 0 amide bonds. The largest absolute Gasteiger partial charge is 0.309 e. The summed E-state index contributed by atoms with van der Waals surface area (Å²) in [4.78, 5) is 0. The topological polar surface area (TPSA) is 57.4 Å². The van der Waals surface area contributed by atoms with Crippen molar-refractivity contribution in [2.45, 2.75) is 19.3 Å². The van der Waals surface area contributed by atoms with Crippen LogP contribution in [-0.2, 0) is 5.41 Å². The van der Waals surface area contributed by atoms with E-state index in [9.17, 15) is 10.5 Å². The summed E-state index contributed by atoms with van der Waals surface area (Å²) in [6.07, 6.45) is 0. The SMILES string of the molecule is CC1(C)c2ccccc2-c2c1ccc1c3ccccc3n(-c3ccc(C#N)cc3-c3cc(C#N)cc(-n4c5ccccc5c5ccccc54)c3)c21. The van der Waals surface area contributed by atoms with Crippen molar-refractivity contribution >= 4 is 43.6 Å². The highest BCUT2D eigenvalue weighted by Gasteiger charge is 2.37. The van der Waals surface area contributed by atoms with Gasteiger partial charge >= 0.3 is 0 Å². The summed E-state index contributed by atoms with van der Waals surface area (Å²) in [7, 11) is 0.